The van der Waals surface area contributed by atoms with E-state index in [9.17, 15) is 13.2 Å². The maximum Gasteiger partial charge on any atom is 0.243 e. The number of hydrogen-bond acceptors (Lipinski definition) is 3. The van der Waals surface area contributed by atoms with Crippen molar-refractivity contribution in [3.63, 3.8) is 0 Å². The predicted molar refractivity (Wildman–Crippen MR) is 84.3 cm³/mol. The number of hydrogen-bond donors (Lipinski definition) is 0. The number of amides is 1. The molecule has 1 heterocycles. The highest BCUT2D eigenvalue weighted by Gasteiger charge is 2.30. The molecule has 0 aliphatic carbocycles. The van der Waals surface area contributed by atoms with Crippen LogP contribution in [0.15, 0.2) is 33.6 Å². The summed E-state index contributed by atoms with van der Waals surface area (Å²) in [5.41, 5.74) is 0. The molecule has 1 aliphatic heterocycles. The van der Waals surface area contributed by atoms with Crippen LogP contribution in [-0.2, 0) is 14.8 Å². The van der Waals surface area contributed by atoms with Crippen molar-refractivity contribution in [2.24, 2.45) is 5.92 Å². The lowest BCUT2D eigenvalue weighted by atomic mass is 10.2. The molecule has 0 radical (unpaired) electrons. The summed E-state index contributed by atoms with van der Waals surface area (Å²) in [6, 6.07) is 6.60. The first kappa shape index (κ1) is 16.5. The summed E-state index contributed by atoms with van der Waals surface area (Å²) in [5, 5.41) is 0. The van der Waals surface area contributed by atoms with Crippen LogP contribution in [0.2, 0.25) is 0 Å². The third-order valence-corrected chi connectivity index (χ3v) is 5.94. The molecule has 1 aliphatic rings. The molecule has 1 aromatic rings. The fourth-order valence-corrected chi connectivity index (χ4v) is 3.96. The van der Waals surface area contributed by atoms with Crippen molar-refractivity contribution in [3.8, 4) is 0 Å². The first-order valence-electron chi connectivity index (χ1n) is 6.87. The van der Waals surface area contributed by atoms with Crippen LogP contribution >= 0.6 is 15.9 Å². The number of sulfonamides is 1. The maximum atomic E-state index is 12.5. The van der Waals surface area contributed by atoms with Gasteiger partial charge in [0.25, 0.3) is 0 Å². The SMILES string of the molecule is CC(C)C(=O)N1CCN(S(=O)(=O)c2ccc(Br)cc2)CC1. The highest BCUT2D eigenvalue weighted by molar-refractivity contribution is 9.10. The zero-order valence-electron chi connectivity index (χ0n) is 12.1. The summed E-state index contributed by atoms with van der Waals surface area (Å²) >= 11 is 3.29. The van der Waals surface area contributed by atoms with E-state index in [1.807, 2.05) is 13.8 Å². The normalized spacial score (nSPS) is 17.2. The second kappa shape index (κ2) is 6.46. The fraction of sp³-hybridized carbons (Fsp3) is 0.500. The Morgan fingerprint density at radius 2 is 1.62 bits per heavy atom. The summed E-state index contributed by atoms with van der Waals surface area (Å²) in [6.45, 7) is 5.30. The van der Waals surface area contributed by atoms with Crippen molar-refractivity contribution in [2.45, 2.75) is 18.7 Å². The highest BCUT2D eigenvalue weighted by Crippen LogP contribution is 2.20. The smallest absolute Gasteiger partial charge is 0.243 e. The van der Waals surface area contributed by atoms with E-state index in [-0.39, 0.29) is 16.7 Å². The average Bonchev–Trinajstić information content (AvgIpc) is 2.47. The van der Waals surface area contributed by atoms with E-state index in [4.69, 9.17) is 0 Å². The van der Waals surface area contributed by atoms with Gasteiger partial charge in [0.2, 0.25) is 15.9 Å². The number of carbonyl (C=O) groups excluding carboxylic acids is 1. The third-order valence-electron chi connectivity index (χ3n) is 3.50. The Morgan fingerprint density at radius 3 is 2.10 bits per heavy atom. The molecule has 0 N–H and O–H groups in total. The Balaban J connectivity index is 2.07. The van der Waals surface area contributed by atoms with Gasteiger partial charge in [-0.1, -0.05) is 29.8 Å². The standard InChI is InChI=1S/C14H19BrN2O3S/c1-11(2)14(18)16-7-9-17(10-8-16)21(19,20)13-5-3-12(15)4-6-13/h3-6,11H,7-10H2,1-2H3. The van der Waals surface area contributed by atoms with Crippen LogP contribution in [0.3, 0.4) is 0 Å². The minimum Gasteiger partial charge on any atom is -0.340 e. The van der Waals surface area contributed by atoms with Gasteiger partial charge in [-0.25, -0.2) is 8.42 Å². The minimum atomic E-state index is -3.47. The molecule has 5 nitrogen and oxygen atoms in total. The van der Waals surface area contributed by atoms with Gasteiger partial charge in [0.15, 0.2) is 0 Å². The predicted octanol–water partition coefficient (Wildman–Crippen LogP) is 1.94. The molecule has 0 unspecified atom stereocenters. The second-order valence-corrected chi connectivity index (χ2v) is 8.19. The molecule has 0 atom stereocenters. The molecule has 0 aromatic heterocycles. The van der Waals surface area contributed by atoms with Crippen molar-refractivity contribution < 1.29 is 13.2 Å². The topological polar surface area (TPSA) is 57.7 Å². The first-order chi connectivity index (χ1) is 9.82. The van der Waals surface area contributed by atoms with Crippen molar-refractivity contribution in [2.75, 3.05) is 26.2 Å². The van der Waals surface area contributed by atoms with Crippen molar-refractivity contribution in [3.05, 3.63) is 28.7 Å². The van der Waals surface area contributed by atoms with E-state index >= 15 is 0 Å². The summed E-state index contributed by atoms with van der Waals surface area (Å²) in [6.07, 6.45) is 0. The highest BCUT2D eigenvalue weighted by atomic mass is 79.9. The Kier molecular flexibility index (Phi) is 5.06. The van der Waals surface area contributed by atoms with Crippen LogP contribution in [0.1, 0.15) is 13.8 Å². The minimum absolute atomic E-state index is 0.0559. The largest absolute Gasteiger partial charge is 0.340 e. The van der Waals surface area contributed by atoms with Gasteiger partial charge in [-0.2, -0.15) is 4.31 Å². The second-order valence-electron chi connectivity index (χ2n) is 5.34. The number of benzene rings is 1. The first-order valence-corrected chi connectivity index (χ1v) is 9.10. The molecule has 7 heteroatoms. The van der Waals surface area contributed by atoms with E-state index in [0.717, 1.165) is 4.47 Å². The zero-order chi connectivity index (χ0) is 15.6. The lowest BCUT2D eigenvalue weighted by molar-refractivity contribution is -0.135. The Bertz CT molecular complexity index is 606. The summed E-state index contributed by atoms with van der Waals surface area (Å²) in [4.78, 5) is 13.9. The van der Waals surface area contributed by atoms with Crippen LogP contribution in [0.25, 0.3) is 0 Å². The number of piperazine rings is 1. The molecule has 0 bridgehead atoms. The molecule has 1 saturated heterocycles. The Morgan fingerprint density at radius 1 is 1.10 bits per heavy atom. The van der Waals surface area contributed by atoms with Gasteiger partial charge >= 0.3 is 0 Å². The van der Waals surface area contributed by atoms with E-state index in [2.05, 4.69) is 15.9 Å². The monoisotopic (exact) mass is 374 g/mol. The van der Waals surface area contributed by atoms with E-state index in [0.29, 0.717) is 26.2 Å². The van der Waals surface area contributed by atoms with Gasteiger partial charge < -0.3 is 4.90 Å². The van der Waals surface area contributed by atoms with Crippen LogP contribution in [0.4, 0.5) is 0 Å². The third kappa shape index (κ3) is 3.64. The Labute approximate surface area is 134 Å². The fourth-order valence-electron chi connectivity index (χ4n) is 2.27. The lowest BCUT2D eigenvalue weighted by Crippen LogP contribution is -2.51. The van der Waals surface area contributed by atoms with Gasteiger partial charge in [-0.3, -0.25) is 4.79 Å². The summed E-state index contributed by atoms with van der Waals surface area (Å²) < 4.78 is 27.3. The van der Waals surface area contributed by atoms with Crippen LogP contribution in [0, 0.1) is 5.92 Å². The molecule has 1 amide bonds. The number of rotatable bonds is 3. The molecule has 0 saturated carbocycles. The quantitative estimate of drug-likeness (QED) is 0.812. The molecule has 116 valence electrons. The molecular formula is C14H19BrN2O3S. The van der Waals surface area contributed by atoms with Crippen LogP contribution < -0.4 is 0 Å². The summed E-state index contributed by atoms with van der Waals surface area (Å²) in [5.74, 6) is 0.0234. The number of halogens is 1. The molecule has 1 aromatic carbocycles. The molecule has 1 fully saturated rings. The average molecular weight is 375 g/mol. The molecule has 2 rings (SSSR count). The molecular weight excluding hydrogens is 356 g/mol. The lowest BCUT2D eigenvalue weighted by Gasteiger charge is -2.34. The number of nitrogens with zero attached hydrogens (tertiary/aromatic N) is 2. The molecule has 21 heavy (non-hydrogen) atoms. The number of carbonyl (C=O) groups is 1. The van der Waals surface area contributed by atoms with Crippen LogP contribution in [0.5, 0.6) is 0 Å². The van der Waals surface area contributed by atoms with Crippen molar-refractivity contribution in [1.82, 2.24) is 9.21 Å². The summed E-state index contributed by atoms with van der Waals surface area (Å²) in [7, 11) is -3.47. The van der Waals surface area contributed by atoms with Gasteiger partial charge in [0, 0.05) is 36.6 Å². The van der Waals surface area contributed by atoms with E-state index < -0.39 is 10.0 Å². The van der Waals surface area contributed by atoms with Crippen LogP contribution in [-0.4, -0.2) is 49.7 Å². The van der Waals surface area contributed by atoms with E-state index in [1.54, 1.807) is 29.2 Å². The molecule has 0 spiro atoms. The zero-order valence-corrected chi connectivity index (χ0v) is 14.5. The van der Waals surface area contributed by atoms with Crippen molar-refractivity contribution in [1.29, 1.82) is 0 Å². The Hall–Kier alpha value is -0.920. The van der Waals surface area contributed by atoms with Crippen molar-refractivity contribution >= 4 is 31.9 Å². The van der Waals surface area contributed by atoms with Gasteiger partial charge in [0.1, 0.15) is 0 Å². The van der Waals surface area contributed by atoms with Gasteiger partial charge in [-0.05, 0) is 24.3 Å². The van der Waals surface area contributed by atoms with Gasteiger partial charge in [-0.15, -0.1) is 0 Å². The van der Waals surface area contributed by atoms with E-state index in [1.165, 1.54) is 4.31 Å². The van der Waals surface area contributed by atoms with Gasteiger partial charge in [0.05, 0.1) is 4.90 Å². The maximum absolute atomic E-state index is 12.5.